The van der Waals surface area contributed by atoms with Crippen molar-refractivity contribution >= 4 is 0 Å². The Morgan fingerprint density at radius 3 is 2.69 bits per heavy atom. The molecule has 0 aromatic heterocycles. The summed E-state index contributed by atoms with van der Waals surface area (Å²) in [4.78, 5) is 2.43. The monoisotopic (exact) mass is 226 g/mol. The third-order valence-corrected chi connectivity index (χ3v) is 4.09. The Balaban J connectivity index is 1.62. The van der Waals surface area contributed by atoms with Crippen LogP contribution < -0.4 is 5.32 Å². The highest BCUT2D eigenvalue weighted by Gasteiger charge is 2.23. The van der Waals surface area contributed by atoms with Crippen LogP contribution in [0, 0.1) is 5.92 Å². The van der Waals surface area contributed by atoms with Gasteiger partial charge in [0.05, 0.1) is 6.10 Å². The summed E-state index contributed by atoms with van der Waals surface area (Å²) < 4.78 is 5.70. The fourth-order valence-corrected chi connectivity index (χ4v) is 2.75. The van der Waals surface area contributed by atoms with E-state index in [2.05, 4.69) is 24.2 Å². The lowest BCUT2D eigenvalue weighted by Crippen LogP contribution is -2.42. The molecule has 0 aliphatic carbocycles. The van der Waals surface area contributed by atoms with Crippen LogP contribution in [0.2, 0.25) is 0 Å². The van der Waals surface area contributed by atoms with Crippen LogP contribution >= 0.6 is 0 Å². The minimum Gasteiger partial charge on any atom is -0.377 e. The maximum absolute atomic E-state index is 5.70. The van der Waals surface area contributed by atoms with Gasteiger partial charge in [0.25, 0.3) is 0 Å². The van der Waals surface area contributed by atoms with Crippen LogP contribution in [0.4, 0.5) is 0 Å². The van der Waals surface area contributed by atoms with Crippen molar-refractivity contribution < 1.29 is 4.74 Å². The van der Waals surface area contributed by atoms with E-state index >= 15 is 0 Å². The molecule has 2 fully saturated rings. The van der Waals surface area contributed by atoms with Crippen LogP contribution in [0.25, 0.3) is 0 Å². The van der Waals surface area contributed by atoms with Gasteiger partial charge in [0, 0.05) is 12.6 Å². The Labute approximate surface area is 99.5 Å². The molecular weight excluding hydrogens is 200 g/mol. The smallest absolute Gasteiger partial charge is 0.0726 e. The van der Waals surface area contributed by atoms with E-state index in [1.54, 1.807) is 0 Å². The summed E-state index contributed by atoms with van der Waals surface area (Å²) in [5, 5.41) is 3.67. The summed E-state index contributed by atoms with van der Waals surface area (Å²) >= 11 is 0. The topological polar surface area (TPSA) is 24.5 Å². The van der Waals surface area contributed by atoms with E-state index in [4.69, 9.17) is 4.74 Å². The summed E-state index contributed by atoms with van der Waals surface area (Å²) in [6, 6.07) is 0.530. The van der Waals surface area contributed by atoms with Gasteiger partial charge in [-0.1, -0.05) is 0 Å². The minimum absolute atomic E-state index is 0.464. The number of hydrogen-bond acceptors (Lipinski definition) is 3. The molecule has 3 nitrogen and oxygen atoms in total. The Kier molecular flexibility index (Phi) is 4.62. The number of nitrogens with zero attached hydrogens (tertiary/aromatic N) is 1. The predicted octanol–water partition coefficient (Wildman–Crippen LogP) is 1.49. The summed E-state index contributed by atoms with van der Waals surface area (Å²) in [6.07, 6.45) is 5.64. The molecule has 2 unspecified atom stereocenters. The van der Waals surface area contributed by atoms with Crippen LogP contribution in [0.15, 0.2) is 0 Å². The maximum atomic E-state index is 5.70. The molecular formula is C13H26N2O. The molecule has 0 bridgehead atoms. The number of ether oxygens (including phenoxy) is 1. The Morgan fingerprint density at radius 2 is 2.06 bits per heavy atom. The van der Waals surface area contributed by atoms with Crippen LogP contribution in [0.1, 0.15) is 32.6 Å². The van der Waals surface area contributed by atoms with Crippen molar-refractivity contribution in [2.45, 2.75) is 44.8 Å². The van der Waals surface area contributed by atoms with Crippen molar-refractivity contribution in [2.24, 2.45) is 5.92 Å². The summed E-state index contributed by atoms with van der Waals surface area (Å²) in [7, 11) is 2.22. The lowest BCUT2D eigenvalue weighted by atomic mass is 9.96. The van der Waals surface area contributed by atoms with Crippen molar-refractivity contribution in [3.8, 4) is 0 Å². The molecule has 0 aromatic rings. The lowest BCUT2D eigenvalue weighted by Gasteiger charge is -2.30. The van der Waals surface area contributed by atoms with Gasteiger partial charge in [-0.25, -0.2) is 0 Å². The minimum atomic E-state index is 0.464. The number of nitrogens with one attached hydrogen (secondary N) is 1. The maximum Gasteiger partial charge on any atom is 0.0726 e. The highest BCUT2D eigenvalue weighted by atomic mass is 16.5. The molecule has 2 rings (SSSR count). The molecule has 2 aliphatic heterocycles. The fourth-order valence-electron chi connectivity index (χ4n) is 2.75. The third-order valence-electron chi connectivity index (χ3n) is 4.09. The van der Waals surface area contributed by atoms with Crippen LogP contribution in [-0.4, -0.2) is 50.3 Å². The molecule has 94 valence electrons. The average molecular weight is 226 g/mol. The van der Waals surface area contributed by atoms with E-state index in [9.17, 15) is 0 Å². The predicted molar refractivity (Wildman–Crippen MR) is 66.7 cm³/mol. The second-order valence-corrected chi connectivity index (χ2v) is 5.50. The number of likely N-dealkylation sites (tertiary alicyclic amines) is 1. The summed E-state index contributed by atoms with van der Waals surface area (Å²) in [5.41, 5.74) is 0. The molecule has 2 aliphatic rings. The third kappa shape index (κ3) is 3.44. The Hall–Kier alpha value is -0.120. The van der Waals surface area contributed by atoms with Crippen LogP contribution in [0.3, 0.4) is 0 Å². The first-order valence-corrected chi connectivity index (χ1v) is 6.79. The molecule has 0 amide bonds. The van der Waals surface area contributed by atoms with Gasteiger partial charge in [-0.05, 0) is 65.2 Å². The zero-order valence-corrected chi connectivity index (χ0v) is 10.7. The van der Waals surface area contributed by atoms with E-state index in [1.807, 2.05) is 0 Å². The molecule has 16 heavy (non-hydrogen) atoms. The van der Waals surface area contributed by atoms with E-state index in [0.717, 1.165) is 12.5 Å². The SMILES string of the molecule is CC(NCC1CCN(C)CC1)C1CCCO1. The largest absolute Gasteiger partial charge is 0.377 e. The van der Waals surface area contributed by atoms with Crippen LogP contribution in [-0.2, 0) is 4.74 Å². The molecule has 1 N–H and O–H groups in total. The van der Waals surface area contributed by atoms with Crippen molar-refractivity contribution in [3.05, 3.63) is 0 Å². The van der Waals surface area contributed by atoms with Gasteiger partial charge in [-0.2, -0.15) is 0 Å². The zero-order valence-electron chi connectivity index (χ0n) is 10.7. The molecule has 2 saturated heterocycles. The highest BCUT2D eigenvalue weighted by Crippen LogP contribution is 2.18. The summed E-state index contributed by atoms with van der Waals surface area (Å²) in [6.45, 7) is 6.94. The molecule has 3 heteroatoms. The second kappa shape index (κ2) is 5.99. The molecule has 2 atom stereocenters. The van der Waals surface area contributed by atoms with Crippen LogP contribution in [0.5, 0.6) is 0 Å². The molecule has 2 heterocycles. The van der Waals surface area contributed by atoms with E-state index in [1.165, 1.54) is 45.3 Å². The number of piperidine rings is 1. The summed E-state index contributed by atoms with van der Waals surface area (Å²) in [5.74, 6) is 0.875. The van der Waals surface area contributed by atoms with Gasteiger partial charge in [0.15, 0.2) is 0 Å². The fraction of sp³-hybridized carbons (Fsp3) is 1.00. The van der Waals surface area contributed by atoms with Gasteiger partial charge in [-0.15, -0.1) is 0 Å². The van der Waals surface area contributed by atoms with E-state index in [0.29, 0.717) is 12.1 Å². The van der Waals surface area contributed by atoms with Gasteiger partial charge in [0.1, 0.15) is 0 Å². The normalized spacial score (nSPS) is 30.8. The lowest BCUT2D eigenvalue weighted by molar-refractivity contribution is 0.0806. The first-order chi connectivity index (χ1) is 7.75. The van der Waals surface area contributed by atoms with E-state index in [-0.39, 0.29) is 0 Å². The standard InChI is InChI=1S/C13H26N2O/c1-11(13-4-3-9-16-13)14-10-12-5-7-15(2)8-6-12/h11-14H,3-10H2,1-2H3. The first kappa shape index (κ1) is 12.3. The molecule has 0 aromatic carbocycles. The second-order valence-electron chi connectivity index (χ2n) is 5.50. The quantitative estimate of drug-likeness (QED) is 0.786. The van der Waals surface area contributed by atoms with Crippen molar-refractivity contribution in [1.82, 2.24) is 10.2 Å². The molecule has 0 radical (unpaired) electrons. The van der Waals surface area contributed by atoms with Crippen molar-refractivity contribution in [1.29, 1.82) is 0 Å². The van der Waals surface area contributed by atoms with Crippen molar-refractivity contribution in [2.75, 3.05) is 33.3 Å². The van der Waals surface area contributed by atoms with Gasteiger partial charge < -0.3 is 15.0 Å². The number of hydrogen-bond donors (Lipinski definition) is 1. The van der Waals surface area contributed by atoms with Gasteiger partial charge >= 0.3 is 0 Å². The Morgan fingerprint density at radius 1 is 1.31 bits per heavy atom. The van der Waals surface area contributed by atoms with Gasteiger partial charge in [-0.3, -0.25) is 0 Å². The zero-order chi connectivity index (χ0) is 11.4. The van der Waals surface area contributed by atoms with Crippen molar-refractivity contribution in [3.63, 3.8) is 0 Å². The average Bonchev–Trinajstić information content (AvgIpc) is 2.81. The Bertz CT molecular complexity index is 196. The molecule has 0 spiro atoms. The van der Waals surface area contributed by atoms with E-state index < -0.39 is 0 Å². The first-order valence-electron chi connectivity index (χ1n) is 6.79. The van der Waals surface area contributed by atoms with Gasteiger partial charge in [0.2, 0.25) is 0 Å². The highest BCUT2D eigenvalue weighted by molar-refractivity contribution is 4.79. The molecule has 0 saturated carbocycles. The number of rotatable bonds is 4.